The fraction of sp³-hybridized carbons (Fsp3) is 0.316. The molecule has 5 rings (SSSR count). The Morgan fingerprint density at radius 2 is 1.86 bits per heavy atom. The Balaban J connectivity index is 0.00000205. The van der Waals surface area contributed by atoms with Crippen LogP contribution in [0.4, 0.5) is 5.82 Å². The standard InChI is InChI=1S/C19H20N8O.ClH/c20-11-13-1-3-14(4-2-13)18-22-19(28-25-18)15-7-9-26(10-8-15)17-6-5-16-23-21-12-27(16)24-17;/h1-6,12,15H,7-11,20H2;1H. The van der Waals surface area contributed by atoms with Crippen molar-refractivity contribution in [2.45, 2.75) is 25.3 Å². The number of aromatic nitrogens is 6. The molecule has 9 nitrogen and oxygen atoms in total. The minimum absolute atomic E-state index is 0. The van der Waals surface area contributed by atoms with E-state index in [0.29, 0.717) is 18.3 Å². The van der Waals surface area contributed by atoms with Crippen LogP contribution in [0.2, 0.25) is 0 Å². The normalized spacial score (nSPS) is 14.9. The number of piperidine rings is 1. The third-order valence-corrected chi connectivity index (χ3v) is 5.21. The number of rotatable bonds is 4. The molecule has 10 heteroatoms. The maximum atomic E-state index is 5.65. The van der Waals surface area contributed by atoms with E-state index in [1.54, 1.807) is 10.8 Å². The molecule has 1 aliphatic rings. The van der Waals surface area contributed by atoms with Gasteiger partial charge in [0.25, 0.3) is 0 Å². The van der Waals surface area contributed by atoms with Gasteiger partial charge in [0.1, 0.15) is 12.1 Å². The molecule has 4 aromatic rings. The summed E-state index contributed by atoms with van der Waals surface area (Å²) in [5.74, 6) is 2.52. The van der Waals surface area contributed by atoms with Crippen LogP contribution in [0.25, 0.3) is 17.0 Å². The summed E-state index contributed by atoms with van der Waals surface area (Å²) in [6, 6.07) is 11.9. The van der Waals surface area contributed by atoms with Crippen LogP contribution in [0.1, 0.15) is 30.2 Å². The lowest BCUT2D eigenvalue weighted by atomic mass is 9.97. The van der Waals surface area contributed by atoms with Crippen molar-refractivity contribution in [2.24, 2.45) is 5.73 Å². The molecular weight excluding hydrogens is 392 g/mol. The molecule has 0 unspecified atom stereocenters. The lowest BCUT2D eigenvalue weighted by Gasteiger charge is -2.31. The molecule has 4 heterocycles. The Bertz CT molecular complexity index is 1080. The highest BCUT2D eigenvalue weighted by Crippen LogP contribution is 2.30. The lowest BCUT2D eigenvalue weighted by Crippen LogP contribution is -2.33. The van der Waals surface area contributed by atoms with E-state index in [9.17, 15) is 0 Å². The topological polar surface area (TPSA) is 111 Å². The largest absolute Gasteiger partial charge is 0.355 e. The van der Waals surface area contributed by atoms with Gasteiger partial charge in [0.15, 0.2) is 5.65 Å². The van der Waals surface area contributed by atoms with Crippen molar-refractivity contribution in [1.29, 1.82) is 0 Å². The zero-order chi connectivity index (χ0) is 18.9. The SMILES string of the molecule is Cl.NCc1ccc(-c2noc(C3CCN(c4ccc5nncn5n4)CC3)n2)cc1. The van der Waals surface area contributed by atoms with Crippen LogP contribution < -0.4 is 10.6 Å². The molecule has 29 heavy (non-hydrogen) atoms. The van der Waals surface area contributed by atoms with Crippen LogP contribution in [0, 0.1) is 0 Å². The van der Waals surface area contributed by atoms with Gasteiger partial charge in [0.2, 0.25) is 11.7 Å². The number of nitrogens with zero attached hydrogens (tertiary/aromatic N) is 7. The zero-order valence-corrected chi connectivity index (χ0v) is 16.5. The van der Waals surface area contributed by atoms with Crippen LogP contribution in [0.3, 0.4) is 0 Å². The van der Waals surface area contributed by atoms with Gasteiger partial charge in [0, 0.05) is 31.1 Å². The first-order chi connectivity index (χ1) is 13.8. The van der Waals surface area contributed by atoms with Crippen molar-refractivity contribution in [2.75, 3.05) is 18.0 Å². The van der Waals surface area contributed by atoms with Gasteiger partial charge in [-0.05, 0) is 30.5 Å². The van der Waals surface area contributed by atoms with Gasteiger partial charge < -0.3 is 15.2 Å². The summed E-state index contributed by atoms with van der Waals surface area (Å²) < 4.78 is 7.26. The van der Waals surface area contributed by atoms with Crippen LogP contribution in [0.15, 0.2) is 47.2 Å². The molecule has 0 bridgehead atoms. The Morgan fingerprint density at radius 3 is 2.62 bits per heavy atom. The number of hydrogen-bond donors (Lipinski definition) is 1. The Morgan fingerprint density at radius 1 is 1.07 bits per heavy atom. The third kappa shape index (κ3) is 3.79. The predicted molar refractivity (Wildman–Crippen MR) is 110 cm³/mol. The van der Waals surface area contributed by atoms with Crippen molar-refractivity contribution in [3.63, 3.8) is 0 Å². The zero-order valence-electron chi connectivity index (χ0n) is 15.7. The summed E-state index contributed by atoms with van der Waals surface area (Å²) in [5, 5.41) is 16.6. The lowest BCUT2D eigenvalue weighted by molar-refractivity contribution is 0.329. The molecule has 1 fully saturated rings. The second-order valence-electron chi connectivity index (χ2n) is 6.94. The smallest absolute Gasteiger partial charge is 0.230 e. The molecule has 0 amide bonds. The number of halogens is 1. The molecule has 0 atom stereocenters. The molecule has 150 valence electrons. The first-order valence-corrected chi connectivity index (χ1v) is 9.35. The number of benzene rings is 1. The average Bonchev–Trinajstić information content (AvgIpc) is 3.43. The average molecular weight is 413 g/mol. The molecule has 0 spiro atoms. The van der Waals surface area contributed by atoms with Gasteiger partial charge in [-0.1, -0.05) is 29.4 Å². The maximum absolute atomic E-state index is 5.65. The van der Waals surface area contributed by atoms with E-state index >= 15 is 0 Å². The Labute approximate surface area is 173 Å². The van der Waals surface area contributed by atoms with Gasteiger partial charge in [-0.15, -0.1) is 27.7 Å². The third-order valence-electron chi connectivity index (χ3n) is 5.21. The van der Waals surface area contributed by atoms with Crippen molar-refractivity contribution in [3.05, 3.63) is 54.2 Å². The van der Waals surface area contributed by atoms with Gasteiger partial charge in [-0.3, -0.25) is 0 Å². The van der Waals surface area contributed by atoms with Gasteiger partial charge >= 0.3 is 0 Å². The Hall–Kier alpha value is -3.04. The van der Waals surface area contributed by atoms with Crippen LogP contribution in [-0.4, -0.2) is 43.0 Å². The van der Waals surface area contributed by atoms with E-state index < -0.39 is 0 Å². The molecule has 0 aliphatic carbocycles. The molecular formula is C19H21ClN8O. The summed E-state index contributed by atoms with van der Waals surface area (Å²) in [5.41, 5.74) is 8.42. The monoisotopic (exact) mass is 412 g/mol. The number of nitrogens with two attached hydrogens (primary N) is 1. The summed E-state index contributed by atoms with van der Waals surface area (Å²) in [7, 11) is 0. The minimum atomic E-state index is 0. The Kier molecular flexibility index (Phi) is 5.41. The maximum Gasteiger partial charge on any atom is 0.230 e. The predicted octanol–water partition coefficient (Wildman–Crippen LogP) is 2.44. The van der Waals surface area contributed by atoms with Crippen molar-refractivity contribution in [1.82, 2.24) is 30.0 Å². The fourth-order valence-electron chi connectivity index (χ4n) is 3.55. The molecule has 1 aliphatic heterocycles. The molecule has 3 aromatic heterocycles. The molecule has 0 radical (unpaired) electrons. The van der Waals surface area contributed by atoms with Crippen LogP contribution >= 0.6 is 12.4 Å². The summed E-state index contributed by atoms with van der Waals surface area (Å²) in [6.07, 6.45) is 3.50. The number of anilines is 1. The number of hydrogen-bond acceptors (Lipinski definition) is 8. The second kappa shape index (κ2) is 8.14. The molecule has 1 aromatic carbocycles. The molecule has 1 saturated heterocycles. The van der Waals surface area contributed by atoms with Gasteiger partial charge in [-0.2, -0.15) is 9.50 Å². The van der Waals surface area contributed by atoms with Crippen molar-refractivity contribution in [3.8, 4) is 11.4 Å². The van der Waals surface area contributed by atoms with Gasteiger partial charge in [0.05, 0.1) is 0 Å². The summed E-state index contributed by atoms with van der Waals surface area (Å²) in [6.45, 7) is 2.29. The minimum Gasteiger partial charge on any atom is -0.355 e. The van der Waals surface area contributed by atoms with E-state index in [1.807, 2.05) is 36.4 Å². The van der Waals surface area contributed by atoms with Gasteiger partial charge in [-0.25, -0.2) is 0 Å². The molecule has 2 N–H and O–H groups in total. The van der Waals surface area contributed by atoms with Crippen molar-refractivity contribution >= 4 is 23.9 Å². The van der Waals surface area contributed by atoms with Crippen LogP contribution in [0.5, 0.6) is 0 Å². The first kappa shape index (κ1) is 19.3. The van der Waals surface area contributed by atoms with Crippen LogP contribution in [-0.2, 0) is 6.54 Å². The van der Waals surface area contributed by atoms with E-state index in [-0.39, 0.29) is 18.3 Å². The molecule has 0 saturated carbocycles. The summed E-state index contributed by atoms with van der Waals surface area (Å²) >= 11 is 0. The van der Waals surface area contributed by atoms with Crippen molar-refractivity contribution < 1.29 is 4.52 Å². The van der Waals surface area contributed by atoms with E-state index in [1.165, 1.54) is 0 Å². The van der Waals surface area contributed by atoms with E-state index in [0.717, 1.165) is 48.5 Å². The highest BCUT2D eigenvalue weighted by Gasteiger charge is 2.26. The fourth-order valence-corrected chi connectivity index (χ4v) is 3.55. The quantitative estimate of drug-likeness (QED) is 0.544. The highest BCUT2D eigenvalue weighted by atomic mass is 35.5. The summed E-state index contributed by atoms with van der Waals surface area (Å²) in [4.78, 5) is 6.89. The highest BCUT2D eigenvalue weighted by molar-refractivity contribution is 5.85. The number of fused-ring (bicyclic) bond motifs is 1. The first-order valence-electron chi connectivity index (χ1n) is 9.35. The van der Waals surface area contributed by atoms with E-state index in [2.05, 4.69) is 30.3 Å². The second-order valence-corrected chi connectivity index (χ2v) is 6.94. The van der Waals surface area contributed by atoms with E-state index in [4.69, 9.17) is 10.3 Å².